The molecule has 2 aromatic carbocycles. The Morgan fingerprint density at radius 1 is 1.00 bits per heavy atom. The first-order chi connectivity index (χ1) is 12.8. The van der Waals surface area contributed by atoms with Crippen molar-refractivity contribution in [2.24, 2.45) is 0 Å². The second-order valence-corrected chi connectivity index (χ2v) is 8.15. The predicted molar refractivity (Wildman–Crippen MR) is 112 cm³/mol. The van der Waals surface area contributed by atoms with Gasteiger partial charge >= 0.3 is 6.09 Å². The third kappa shape index (κ3) is 4.73. The van der Waals surface area contributed by atoms with Gasteiger partial charge in [-0.05, 0) is 30.6 Å². The Balaban J connectivity index is 0.00000261. The topological polar surface area (TPSA) is 38.8 Å². The van der Waals surface area contributed by atoms with E-state index in [2.05, 4.69) is 24.3 Å². The highest BCUT2D eigenvalue weighted by Gasteiger charge is 2.30. The monoisotopic (exact) mass is 380 g/mol. The number of rotatable bonds is 4. The fourth-order valence-corrected chi connectivity index (χ4v) is 5.78. The van der Waals surface area contributed by atoms with Crippen LogP contribution in [0.25, 0.3) is 0 Å². The van der Waals surface area contributed by atoms with E-state index in [1.165, 1.54) is 12.4 Å². The van der Waals surface area contributed by atoms with Gasteiger partial charge in [0.25, 0.3) is 0 Å². The largest absolute Gasteiger partial charge is 0.496 e. The Morgan fingerprint density at radius 2 is 1.70 bits per heavy atom. The number of ether oxygens (including phenoxy) is 2. The Kier molecular flexibility index (Phi) is 7.93. The second-order valence-electron chi connectivity index (χ2n) is 6.02. The zero-order chi connectivity index (χ0) is 18.4. The molecule has 0 saturated heterocycles. The summed E-state index contributed by atoms with van der Waals surface area (Å²) in [5.41, 5.74) is 1.03. The van der Waals surface area contributed by atoms with Crippen molar-refractivity contribution in [1.82, 2.24) is 4.90 Å². The van der Waals surface area contributed by atoms with Crippen LogP contribution in [-0.4, -0.2) is 40.2 Å². The van der Waals surface area contributed by atoms with Crippen LogP contribution in [0, 0.1) is 0 Å². The molecule has 3 radical (unpaired) electrons. The highest BCUT2D eigenvalue weighted by atomic mass is 31.1. The normalized spacial score (nSPS) is 15.0. The van der Waals surface area contributed by atoms with Crippen molar-refractivity contribution in [3.8, 4) is 5.75 Å². The van der Waals surface area contributed by atoms with Crippen LogP contribution in [0.3, 0.4) is 0 Å². The molecule has 6 heteroatoms. The van der Waals surface area contributed by atoms with Crippen molar-refractivity contribution in [2.75, 3.05) is 20.8 Å². The van der Waals surface area contributed by atoms with Gasteiger partial charge in [-0.2, -0.15) is 0 Å². The lowest BCUT2D eigenvalue weighted by atomic mass is 10.2. The molecular formula is C21H24BNO3P. The number of hydrogen-bond acceptors (Lipinski definition) is 3. The fraction of sp³-hybridized carbons (Fsp3) is 0.286. The van der Waals surface area contributed by atoms with Gasteiger partial charge in [-0.25, -0.2) is 4.79 Å². The SMILES string of the molecule is COC(=O)N1CCCCC=C1P(c1ccccc1)c1ccccc1OC.[B]. The third-order valence-electron chi connectivity index (χ3n) is 4.40. The van der Waals surface area contributed by atoms with E-state index >= 15 is 0 Å². The quantitative estimate of drug-likeness (QED) is 0.598. The van der Waals surface area contributed by atoms with E-state index in [0.29, 0.717) is 6.54 Å². The molecule has 1 amide bonds. The number of methoxy groups -OCH3 is 2. The van der Waals surface area contributed by atoms with Gasteiger partial charge in [0.1, 0.15) is 5.75 Å². The number of nitrogens with zero attached hydrogens (tertiary/aromatic N) is 1. The van der Waals surface area contributed by atoms with E-state index in [4.69, 9.17) is 9.47 Å². The van der Waals surface area contributed by atoms with E-state index in [-0.39, 0.29) is 14.5 Å². The smallest absolute Gasteiger partial charge is 0.414 e. The summed E-state index contributed by atoms with van der Waals surface area (Å²) >= 11 is 0. The Labute approximate surface area is 164 Å². The maximum Gasteiger partial charge on any atom is 0.414 e. The van der Waals surface area contributed by atoms with Gasteiger partial charge in [-0.1, -0.05) is 54.6 Å². The zero-order valence-corrected chi connectivity index (χ0v) is 16.7. The molecule has 1 aliphatic rings. The molecule has 2 aromatic rings. The minimum atomic E-state index is -0.929. The third-order valence-corrected chi connectivity index (χ3v) is 6.95. The number of amides is 1. The first-order valence-corrected chi connectivity index (χ1v) is 10.1. The van der Waals surface area contributed by atoms with Crippen molar-refractivity contribution in [3.05, 3.63) is 66.1 Å². The van der Waals surface area contributed by atoms with E-state index in [0.717, 1.165) is 35.8 Å². The van der Waals surface area contributed by atoms with Crippen LogP contribution >= 0.6 is 7.92 Å². The van der Waals surface area contributed by atoms with Gasteiger partial charge in [-0.3, -0.25) is 4.90 Å². The molecule has 0 bridgehead atoms. The molecule has 0 fully saturated rings. The lowest BCUT2D eigenvalue weighted by Crippen LogP contribution is -2.33. The van der Waals surface area contributed by atoms with Crippen LogP contribution in [0.15, 0.2) is 66.1 Å². The summed E-state index contributed by atoms with van der Waals surface area (Å²) in [6.45, 7) is 0.680. The van der Waals surface area contributed by atoms with Gasteiger partial charge in [0.05, 0.1) is 19.7 Å². The second kappa shape index (κ2) is 10.2. The minimum absolute atomic E-state index is 0. The fourth-order valence-electron chi connectivity index (χ4n) is 3.16. The molecule has 0 spiro atoms. The highest BCUT2D eigenvalue weighted by molar-refractivity contribution is 7.76. The maximum atomic E-state index is 12.5. The van der Waals surface area contributed by atoms with Crippen molar-refractivity contribution in [3.63, 3.8) is 0 Å². The van der Waals surface area contributed by atoms with Gasteiger partial charge in [0.2, 0.25) is 0 Å². The van der Waals surface area contributed by atoms with Crippen molar-refractivity contribution in [2.45, 2.75) is 19.3 Å². The lowest BCUT2D eigenvalue weighted by molar-refractivity contribution is 0.138. The van der Waals surface area contributed by atoms with Gasteiger partial charge in [0, 0.05) is 28.2 Å². The van der Waals surface area contributed by atoms with Crippen molar-refractivity contribution >= 4 is 33.0 Å². The van der Waals surface area contributed by atoms with Crippen LogP contribution in [0.5, 0.6) is 5.75 Å². The summed E-state index contributed by atoms with van der Waals surface area (Å²) in [6, 6.07) is 18.4. The van der Waals surface area contributed by atoms with Crippen molar-refractivity contribution in [1.29, 1.82) is 0 Å². The van der Waals surface area contributed by atoms with Crippen LogP contribution < -0.4 is 15.3 Å². The predicted octanol–water partition coefficient (Wildman–Crippen LogP) is 3.84. The number of benzene rings is 2. The summed E-state index contributed by atoms with van der Waals surface area (Å²) in [6.07, 6.45) is 4.91. The van der Waals surface area contributed by atoms with Gasteiger partial charge in [0.15, 0.2) is 0 Å². The van der Waals surface area contributed by atoms with Gasteiger partial charge in [-0.15, -0.1) is 0 Å². The number of carbonyl (C=O) groups is 1. The first kappa shape index (κ1) is 21.0. The van der Waals surface area contributed by atoms with Crippen molar-refractivity contribution < 1.29 is 14.3 Å². The molecule has 0 aromatic heterocycles. The average Bonchev–Trinajstić information content (AvgIpc) is 2.95. The molecule has 139 valence electrons. The molecule has 1 unspecified atom stereocenters. The average molecular weight is 380 g/mol. The molecule has 4 nitrogen and oxygen atoms in total. The molecule has 0 saturated carbocycles. The Hall–Kier alpha value is -2.26. The van der Waals surface area contributed by atoms with Crippen LogP contribution in [0.1, 0.15) is 19.3 Å². The molecular weight excluding hydrogens is 356 g/mol. The summed E-state index contributed by atoms with van der Waals surface area (Å²) in [5.74, 6) is 0.845. The minimum Gasteiger partial charge on any atom is -0.496 e. The Morgan fingerprint density at radius 3 is 2.41 bits per heavy atom. The summed E-state index contributed by atoms with van der Waals surface area (Å²) in [5, 5.41) is 2.30. The number of allylic oxidation sites excluding steroid dienone is 1. The standard InChI is InChI=1S/C21H24NO3P.B/c1-24-18-13-8-9-14-19(18)26(17-11-5-3-6-12-17)20-15-7-4-10-16-22(20)21(23)25-2;/h3,5-6,8-9,11-15H,4,7,10,16H2,1-2H3;. The van der Waals surface area contributed by atoms with Crippen LogP contribution in [0.2, 0.25) is 0 Å². The summed E-state index contributed by atoms with van der Waals surface area (Å²) < 4.78 is 10.7. The Bertz CT molecular complexity index is 782. The van der Waals surface area contributed by atoms with E-state index < -0.39 is 7.92 Å². The highest BCUT2D eigenvalue weighted by Crippen LogP contribution is 2.48. The zero-order valence-electron chi connectivity index (χ0n) is 15.8. The molecule has 1 atom stereocenters. The molecule has 1 heterocycles. The first-order valence-electron chi connectivity index (χ1n) is 8.80. The van der Waals surface area contributed by atoms with Crippen LogP contribution in [0.4, 0.5) is 4.79 Å². The molecule has 0 N–H and O–H groups in total. The molecule has 27 heavy (non-hydrogen) atoms. The maximum absolute atomic E-state index is 12.5. The van der Waals surface area contributed by atoms with E-state index in [9.17, 15) is 4.79 Å². The summed E-state index contributed by atoms with van der Waals surface area (Å²) in [4.78, 5) is 14.3. The number of hydrogen-bond donors (Lipinski definition) is 0. The molecule has 1 aliphatic heterocycles. The number of para-hydroxylation sites is 1. The number of carbonyl (C=O) groups excluding carboxylic acids is 1. The van der Waals surface area contributed by atoms with E-state index in [1.807, 2.05) is 36.4 Å². The molecule has 3 rings (SSSR count). The van der Waals surface area contributed by atoms with Crippen LogP contribution in [-0.2, 0) is 4.74 Å². The molecule has 0 aliphatic carbocycles. The summed E-state index contributed by atoms with van der Waals surface area (Å²) in [7, 11) is 2.21. The van der Waals surface area contributed by atoms with Gasteiger partial charge < -0.3 is 9.47 Å². The lowest BCUT2D eigenvalue weighted by Gasteiger charge is -2.30. The van der Waals surface area contributed by atoms with E-state index in [1.54, 1.807) is 12.0 Å².